The van der Waals surface area contributed by atoms with Gasteiger partial charge in [-0.2, -0.15) is 10.5 Å². The van der Waals surface area contributed by atoms with E-state index in [0.29, 0.717) is 16.8 Å². The minimum absolute atomic E-state index is 0.438. The third-order valence-corrected chi connectivity index (χ3v) is 9.88. The fourth-order valence-corrected chi connectivity index (χ4v) is 7.97. The Bertz CT molecular complexity index is 2980. The van der Waals surface area contributed by atoms with Crippen molar-refractivity contribution in [2.45, 2.75) is 0 Å². The first kappa shape index (κ1) is 27.1. The number of para-hydroxylation sites is 5. The smallest absolute Gasteiger partial charge is 0.101 e. The van der Waals surface area contributed by atoms with E-state index in [9.17, 15) is 10.5 Å². The Morgan fingerprint density at radius 1 is 0.347 bits per heavy atom. The van der Waals surface area contributed by atoms with E-state index < -0.39 is 0 Å². The quantitative estimate of drug-likeness (QED) is 0.197. The zero-order chi connectivity index (χ0) is 32.6. The van der Waals surface area contributed by atoms with Crippen LogP contribution in [0.4, 0.5) is 0 Å². The number of hydrogen-bond donors (Lipinski definition) is 0. The minimum Gasteiger partial charge on any atom is -0.309 e. The van der Waals surface area contributed by atoms with Gasteiger partial charge in [0.05, 0.1) is 49.9 Å². The largest absolute Gasteiger partial charge is 0.309 e. The van der Waals surface area contributed by atoms with Gasteiger partial charge in [-0.3, -0.25) is 0 Å². The molecule has 5 nitrogen and oxygen atoms in total. The van der Waals surface area contributed by atoms with Gasteiger partial charge in [-0.15, -0.1) is 0 Å². The molecule has 0 N–H and O–H groups in total. The summed E-state index contributed by atoms with van der Waals surface area (Å²) >= 11 is 0. The van der Waals surface area contributed by atoms with Crippen molar-refractivity contribution in [2.24, 2.45) is 0 Å². The van der Waals surface area contributed by atoms with Crippen molar-refractivity contribution >= 4 is 65.4 Å². The second-order valence-electron chi connectivity index (χ2n) is 12.4. The van der Waals surface area contributed by atoms with Crippen molar-refractivity contribution in [1.82, 2.24) is 13.7 Å². The number of nitrogens with zero attached hydrogens (tertiary/aromatic N) is 5. The first-order valence-corrected chi connectivity index (χ1v) is 16.2. The Hall–Kier alpha value is -7.08. The van der Waals surface area contributed by atoms with Crippen LogP contribution in [-0.2, 0) is 0 Å². The summed E-state index contributed by atoms with van der Waals surface area (Å²) in [5.74, 6) is 0. The Morgan fingerprint density at radius 2 is 0.735 bits per heavy atom. The van der Waals surface area contributed by atoms with Crippen LogP contribution in [0.3, 0.4) is 0 Å². The molecule has 0 aliphatic carbocycles. The number of nitriles is 2. The molecular formula is C44H25N5. The van der Waals surface area contributed by atoms with E-state index in [-0.39, 0.29) is 0 Å². The molecule has 10 rings (SSSR count). The molecule has 10 aromatic rings. The van der Waals surface area contributed by atoms with Crippen LogP contribution in [0.15, 0.2) is 152 Å². The molecule has 49 heavy (non-hydrogen) atoms. The molecule has 0 unspecified atom stereocenters. The molecule has 0 bridgehead atoms. The monoisotopic (exact) mass is 623 g/mol. The van der Waals surface area contributed by atoms with E-state index in [2.05, 4.69) is 129 Å². The number of fused-ring (bicyclic) bond motifs is 10. The van der Waals surface area contributed by atoms with E-state index >= 15 is 0 Å². The summed E-state index contributed by atoms with van der Waals surface area (Å²) in [5, 5.41) is 28.2. The second-order valence-corrected chi connectivity index (χ2v) is 12.4. The van der Waals surface area contributed by atoms with Crippen LogP contribution in [0.1, 0.15) is 11.1 Å². The highest BCUT2D eigenvalue weighted by atomic mass is 15.0. The molecule has 0 radical (unpaired) electrons. The molecule has 0 aliphatic rings. The predicted octanol–water partition coefficient (Wildman–Crippen LogP) is 10.7. The first-order valence-electron chi connectivity index (χ1n) is 16.2. The lowest BCUT2D eigenvalue weighted by molar-refractivity contribution is 1.12. The van der Waals surface area contributed by atoms with Crippen molar-refractivity contribution in [3.8, 4) is 29.2 Å². The highest BCUT2D eigenvalue weighted by molar-refractivity contribution is 6.29. The fraction of sp³-hybridized carbons (Fsp3) is 0. The Balaban J connectivity index is 1.31. The van der Waals surface area contributed by atoms with Crippen molar-refractivity contribution in [1.29, 1.82) is 10.5 Å². The Labute approximate surface area is 280 Å². The maximum Gasteiger partial charge on any atom is 0.101 e. The molecule has 3 heterocycles. The maximum atomic E-state index is 10.7. The van der Waals surface area contributed by atoms with E-state index in [0.717, 1.165) is 66.0 Å². The lowest BCUT2D eigenvalue weighted by Gasteiger charge is -2.15. The standard InChI is InChI=1S/C44H25N5/c45-26-28-24-31(25-29(27-46)44(28)49-36-18-8-4-14-32(36)33-15-5-9-19-37(33)49)48-39-21-11-7-17-35(39)43-41(48)23-22-40-42(43)34-16-6-10-20-38(34)47(40)30-12-2-1-3-13-30/h1-25H. The van der Waals surface area contributed by atoms with Crippen LogP contribution >= 0.6 is 0 Å². The number of rotatable bonds is 3. The topological polar surface area (TPSA) is 62.4 Å². The highest BCUT2D eigenvalue weighted by Crippen LogP contribution is 2.43. The minimum atomic E-state index is 0.438. The van der Waals surface area contributed by atoms with Crippen molar-refractivity contribution in [3.05, 3.63) is 163 Å². The molecule has 5 heteroatoms. The summed E-state index contributed by atoms with van der Waals surface area (Å²) in [6.07, 6.45) is 0. The summed E-state index contributed by atoms with van der Waals surface area (Å²) in [6, 6.07) is 57.0. The van der Waals surface area contributed by atoms with Crippen LogP contribution in [0.25, 0.3) is 82.5 Å². The summed E-state index contributed by atoms with van der Waals surface area (Å²) in [6.45, 7) is 0. The van der Waals surface area contributed by atoms with Crippen LogP contribution in [0.2, 0.25) is 0 Å². The molecule has 0 saturated heterocycles. The van der Waals surface area contributed by atoms with Crippen LogP contribution < -0.4 is 0 Å². The summed E-state index contributed by atoms with van der Waals surface area (Å²) in [4.78, 5) is 0. The molecule has 0 amide bonds. The molecule has 7 aromatic carbocycles. The van der Waals surface area contributed by atoms with Gasteiger partial charge in [0, 0.05) is 43.7 Å². The van der Waals surface area contributed by atoms with Gasteiger partial charge in [0.25, 0.3) is 0 Å². The third kappa shape index (κ3) is 3.67. The van der Waals surface area contributed by atoms with Gasteiger partial charge in [-0.05, 0) is 60.7 Å². The summed E-state index contributed by atoms with van der Waals surface area (Å²) in [7, 11) is 0. The zero-order valence-electron chi connectivity index (χ0n) is 26.2. The molecular weight excluding hydrogens is 599 g/mol. The molecule has 0 saturated carbocycles. The Morgan fingerprint density at radius 3 is 1.20 bits per heavy atom. The average molecular weight is 624 g/mol. The van der Waals surface area contributed by atoms with Crippen LogP contribution in [0.5, 0.6) is 0 Å². The Kier molecular flexibility index (Phi) is 5.64. The van der Waals surface area contributed by atoms with E-state index in [1.165, 1.54) is 10.8 Å². The molecule has 0 atom stereocenters. The fourth-order valence-electron chi connectivity index (χ4n) is 7.97. The number of aromatic nitrogens is 3. The van der Waals surface area contributed by atoms with Gasteiger partial charge in [0.1, 0.15) is 12.1 Å². The molecule has 0 aliphatic heterocycles. The highest BCUT2D eigenvalue weighted by Gasteiger charge is 2.23. The van der Waals surface area contributed by atoms with Crippen LogP contribution in [0, 0.1) is 22.7 Å². The third-order valence-electron chi connectivity index (χ3n) is 9.88. The van der Waals surface area contributed by atoms with Crippen molar-refractivity contribution in [2.75, 3.05) is 0 Å². The molecule has 0 fully saturated rings. The molecule has 226 valence electrons. The van der Waals surface area contributed by atoms with Gasteiger partial charge < -0.3 is 13.7 Å². The van der Waals surface area contributed by atoms with Gasteiger partial charge >= 0.3 is 0 Å². The van der Waals surface area contributed by atoms with Gasteiger partial charge in [-0.1, -0.05) is 91.0 Å². The summed E-state index contributed by atoms with van der Waals surface area (Å²) in [5.41, 5.74) is 9.56. The van der Waals surface area contributed by atoms with E-state index in [1.807, 2.05) is 48.5 Å². The second kappa shape index (κ2) is 10.2. The molecule has 0 spiro atoms. The summed E-state index contributed by atoms with van der Waals surface area (Å²) < 4.78 is 6.60. The van der Waals surface area contributed by atoms with Crippen molar-refractivity contribution < 1.29 is 0 Å². The predicted molar refractivity (Wildman–Crippen MR) is 199 cm³/mol. The van der Waals surface area contributed by atoms with Gasteiger partial charge in [0.2, 0.25) is 0 Å². The maximum absolute atomic E-state index is 10.7. The van der Waals surface area contributed by atoms with E-state index in [1.54, 1.807) is 0 Å². The lowest BCUT2D eigenvalue weighted by Crippen LogP contribution is -2.04. The SMILES string of the molecule is N#Cc1cc(-n2c3ccccc3c3c4c5ccccc5n(-c5ccccc5)c4ccc32)cc(C#N)c1-n1c2ccccc2c2ccccc21. The zero-order valence-corrected chi connectivity index (χ0v) is 26.2. The lowest BCUT2D eigenvalue weighted by atomic mass is 10.0. The van der Waals surface area contributed by atoms with E-state index in [4.69, 9.17) is 0 Å². The van der Waals surface area contributed by atoms with Crippen molar-refractivity contribution in [3.63, 3.8) is 0 Å². The first-order chi connectivity index (χ1) is 24.3. The van der Waals surface area contributed by atoms with Gasteiger partial charge in [0.15, 0.2) is 0 Å². The normalized spacial score (nSPS) is 11.6. The number of hydrogen-bond acceptors (Lipinski definition) is 2. The average Bonchev–Trinajstić information content (AvgIpc) is 3.80. The number of benzene rings is 7. The van der Waals surface area contributed by atoms with Gasteiger partial charge in [-0.25, -0.2) is 0 Å². The molecule has 3 aromatic heterocycles. The van der Waals surface area contributed by atoms with Crippen LogP contribution in [-0.4, -0.2) is 13.7 Å².